The van der Waals surface area contributed by atoms with Crippen LogP contribution in [0.5, 0.6) is 0 Å². The smallest absolute Gasteiger partial charge is 0.247 e. The summed E-state index contributed by atoms with van der Waals surface area (Å²) in [5.74, 6) is 1.92. The molecule has 2 heterocycles. The van der Waals surface area contributed by atoms with E-state index < -0.39 is 0 Å². The number of aromatic nitrogens is 3. The van der Waals surface area contributed by atoms with Gasteiger partial charge >= 0.3 is 0 Å². The van der Waals surface area contributed by atoms with Crippen molar-refractivity contribution < 1.29 is 4.79 Å². The Morgan fingerprint density at radius 1 is 1.37 bits per heavy atom. The standard InChI is InChI=1S/C12H20N6O/c1-10(2)7-13-11-8-14-16-12(15-11)18-5-3-17(9-19)4-6-18/h8-10H,3-7H2,1-2H3,(H,13,15,16). The van der Waals surface area contributed by atoms with Gasteiger partial charge in [-0.3, -0.25) is 4.79 Å². The summed E-state index contributed by atoms with van der Waals surface area (Å²) in [6, 6.07) is 0. The van der Waals surface area contributed by atoms with Crippen molar-refractivity contribution in [2.24, 2.45) is 5.92 Å². The van der Waals surface area contributed by atoms with E-state index in [0.717, 1.165) is 31.9 Å². The predicted molar refractivity (Wildman–Crippen MR) is 73.0 cm³/mol. The van der Waals surface area contributed by atoms with E-state index in [1.54, 1.807) is 11.1 Å². The minimum atomic E-state index is 0.551. The molecule has 1 aromatic heterocycles. The number of carbonyl (C=O) groups excluding carboxylic acids is 1. The zero-order valence-electron chi connectivity index (χ0n) is 11.4. The minimum absolute atomic E-state index is 0.551. The molecular formula is C12H20N6O. The van der Waals surface area contributed by atoms with E-state index in [9.17, 15) is 4.79 Å². The molecule has 1 aliphatic heterocycles. The van der Waals surface area contributed by atoms with E-state index in [4.69, 9.17) is 0 Å². The average Bonchev–Trinajstić information content (AvgIpc) is 2.45. The maximum absolute atomic E-state index is 10.7. The molecule has 1 fully saturated rings. The lowest BCUT2D eigenvalue weighted by atomic mass is 10.2. The lowest BCUT2D eigenvalue weighted by molar-refractivity contribution is -0.118. The molecule has 0 radical (unpaired) electrons. The number of nitrogens with zero attached hydrogens (tertiary/aromatic N) is 5. The maximum atomic E-state index is 10.7. The molecule has 19 heavy (non-hydrogen) atoms. The van der Waals surface area contributed by atoms with Gasteiger partial charge in [0.15, 0.2) is 5.82 Å². The lowest BCUT2D eigenvalue weighted by Crippen LogP contribution is -2.46. The molecular weight excluding hydrogens is 244 g/mol. The fourth-order valence-corrected chi connectivity index (χ4v) is 1.85. The summed E-state index contributed by atoms with van der Waals surface area (Å²) >= 11 is 0. The van der Waals surface area contributed by atoms with Gasteiger partial charge in [-0.25, -0.2) is 0 Å². The van der Waals surface area contributed by atoms with Crippen molar-refractivity contribution in [1.82, 2.24) is 20.1 Å². The number of anilines is 2. The third kappa shape index (κ3) is 3.77. The summed E-state index contributed by atoms with van der Waals surface area (Å²) in [6.07, 6.45) is 2.52. The summed E-state index contributed by atoms with van der Waals surface area (Å²) in [5.41, 5.74) is 0. The first-order valence-electron chi connectivity index (χ1n) is 6.57. The van der Waals surface area contributed by atoms with Gasteiger partial charge in [-0.05, 0) is 5.92 Å². The van der Waals surface area contributed by atoms with E-state index >= 15 is 0 Å². The monoisotopic (exact) mass is 264 g/mol. The van der Waals surface area contributed by atoms with Crippen molar-refractivity contribution in [3.63, 3.8) is 0 Å². The number of nitrogens with one attached hydrogen (secondary N) is 1. The number of hydrogen-bond acceptors (Lipinski definition) is 6. The molecule has 1 aromatic rings. The van der Waals surface area contributed by atoms with Gasteiger partial charge in [-0.15, -0.1) is 5.10 Å². The van der Waals surface area contributed by atoms with E-state index in [1.165, 1.54) is 0 Å². The fourth-order valence-electron chi connectivity index (χ4n) is 1.85. The highest BCUT2D eigenvalue weighted by atomic mass is 16.1. The molecule has 0 aliphatic carbocycles. The fraction of sp³-hybridized carbons (Fsp3) is 0.667. The Labute approximate surface area is 113 Å². The molecule has 104 valence electrons. The van der Waals surface area contributed by atoms with Gasteiger partial charge in [-0.2, -0.15) is 10.1 Å². The van der Waals surface area contributed by atoms with Gasteiger partial charge in [0.25, 0.3) is 0 Å². The quantitative estimate of drug-likeness (QED) is 0.767. The van der Waals surface area contributed by atoms with Crippen molar-refractivity contribution in [3.05, 3.63) is 6.20 Å². The molecule has 0 unspecified atom stereocenters. The Morgan fingerprint density at radius 3 is 2.74 bits per heavy atom. The van der Waals surface area contributed by atoms with Crippen molar-refractivity contribution >= 4 is 18.2 Å². The maximum Gasteiger partial charge on any atom is 0.247 e. The Hall–Kier alpha value is -1.92. The summed E-state index contributed by atoms with van der Waals surface area (Å²) in [5, 5.41) is 11.3. The molecule has 1 amide bonds. The van der Waals surface area contributed by atoms with Crippen LogP contribution >= 0.6 is 0 Å². The molecule has 0 aromatic carbocycles. The van der Waals surface area contributed by atoms with Gasteiger partial charge in [-0.1, -0.05) is 13.8 Å². The molecule has 0 spiro atoms. The number of carbonyl (C=O) groups is 1. The van der Waals surface area contributed by atoms with Crippen molar-refractivity contribution in [2.75, 3.05) is 42.9 Å². The summed E-state index contributed by atoms with van der Waals surface area (Å²) in [6.45, 7) is 8.04. The zero-order chi connectivity index (χ0) is 13.7. The van der Waals surface area contributed by atoms with Crippen LogP contribution in [0.3, 0.4) is 0 Å². The van der Waals surface area contributed by atoms with Gasteiger partial charge in [0.05, 0.1) is 6.20 Å². The Morgan fingerprint density at radius 2 is 2.11 bits per heavy atom. The third-order valence-electron chi connectivity index (χ3n) is 2.99. The average molecular weight is 264 g/mol. The second kappa shape index (κ2) is 6.31. The molecule has 0 bridgehead atoms. The van der Waals surface area contributed by atoms with E-state index in [-0.39, 0.29) is 0 Å². The highest BCUT2D eigenvalue weighted by Crippen LogP contribution is 2.12. The van der Waals surface area contributed by atoms with Crippen molar-refractivity contribution in [1.29, 1.82) is 0 Å². The number of amides is 1. The number of rotatable bonds is 5. The molecule has 0 atom stereocenters. The molecule has 1 saturated heterocycles. The summed E-state index contributed by atoms with van der Waals surface area (Å²) in [7, 11) is 0. The van der Waals surface area contributed by atoms with Gasteiger partial charge in [0.1, 0.15) is 0 Å². The van der Waals surface area contributed by atoms with Crippen molar-refractivity contribution in [2.45, 2.75) is 13.8 Å². The van der Waals surface area contributed by atoms with Gasteiger partial charge in [0, 0.05) is 32.7 Å². The van der Waals surface area contributed by atoms with Gasteiger partial charge in [0.2, 0.25) is 12.4 Å². The van der Waals surface area contributed by atoms with E-state index in [2.05, 4.69) is 34.3 Å². The van der Waals surface area contributed by atoms with E-state index in [1.807, 2.05) is 4.90 Å². The highest BCUT2D eigenvalue weighted by Gasteiger charge is 2.18. The molecule has 2 rings (SSSR count). The first-order chi connectivity index (χ1) is 9.19. The normalized spacial score (nSPS) is 15.7. The molecule has 1 N–H and O–H groups in total. The first-order valence-corrected chi connectivity index (χ1v) is 6.57. The Bertz CT molecular complexity index is 416. The van der Waals surface area contributed by atoms with Crippen LogP contribution in [-0.4, -0.2) is 59.2 Å². The first kappa shape index (κ1) is 13.5. The van der Waals surface area contributed by atoms with Crippen LogP contribution in [0, 0.1) is 5.92 Å². The van der Waals surface area contributed by atoms with Crippen molar-refractivity contribution in [3.8, 4) is 0 Å². The summed E-state index contributed by atoms with van der Waals surface area (Å²) in [4.78, 5) is 18.9. The molecule has 7 nitrogen and oxygen atoms in total. The second-order valence-corrected chi connectivity index (χ2v) is 5.04. The van der Waals surface area contributed by atoms with Gasteiger partial charge < -0.3 is 15.1 Å². The SMILES string of the molecule is CC(C)CNc1cnnc(N2CCN(C=O)CC2)n1. The van der Waals surface area contributed by atoms with E-state index in [0.29, 0.717) is 25.0 Å². The number of piperazine rings is 1. The third-order valence-corrected chi connectivity index (χ3v) is 2.99. The zero-order valence-corrected chi connectivity index (χ0v) is 11.4. The molecule has 7 heteroatoms. The minimum Gasteiger partial charge on any atom is -0.368 e. The predicted octanol–water partition coefficient (Wildman–Crippen LogP) is 0.218. The summed E-state index contributed by atoms with van der Waals surface area (Å²) < 4.78 is 0. The van der Waals surface area contributed by atoms with Crippen LogP contribution in [-0.2, 0) is 4.79 Å². The van der Waals surface area contributed by atoms with Crippen LogP contribution in [0.25, 0.3) is 0 Å². The lowest BCUT2D eigenvalue weighted by Gasteiger charge is -2.32. The van der Waals surface area contributed by atoms with Crippen LogP contribution < -0.4 is 10.2 Å². The second-order valence-electron chi connectivity index (χ2n) is 5.04. The molecule has 1 aliphatic rings. The van der Waals surface area contributed by atoms with Crippen LogP contribution in [0.4, 0.5) is 11.8 Å². The van der Waals surface area contributed by atoms with Crippen LogP contribution in [0.2, 0.25) is 0 Å². The van der Waals surface area contributed by atoms with Crippen LogP contribution in [0.1, 0.15) is 13.8 Å². The topological polar surface area (TPSA) is 74.2 Å². The highest BCUT2D eigenvalue weighted by molar-refractivity contribution is 5.48. The van der Waals surface area contributed by atoms with Crippen LogP contribution in [0.15, 0.2) is 6.20 Å². The Balaban J connectivity index is 1.97. The molecule has 0 saturated carbocycles. The largest absolute Gasteiger partial charge is 0.368 e. The Kier molecular flexibility index (Phi) is 4.48. The number of hydrogen-bond donors (Lipinski definition) is 1.